The number of fused-ring (bicyclic) bond motifs is 1. The van der Waals surface area contributed by atoms with Crippen molar-refractivity contribution in [2.75, 3.05) is 13.1 Å². The van der Waals surface area contributed by atoms with E-state index in [1.165, 1.54) is 22.5 Å². The number of para-hydroxylation sites is 1. The Bertz CT molecular complexity index is 1310. The minimum atomic E-state index is -3.84. The van der Waals surface area contributed by atoms with Crippen LogP contribution in [-0.4, -0.2) is 42.2 Å². The van der Waals surface area contributed by atoms with E-state index in [1.807, 2.05) is 35.9 Å². The van der Waals surface area contributed by atoms with Gasteiger partial charge in [0.1, 0.15) is 4.90 Å². The maximum absolute atomic E-state index is 13.2. The fraction of sp³-hybridized carbons (Fsp3) is 0.304. The van der Waals surface area contributed by atoms with Gasteiger partial charge >= 0.3 is 0 Å². The first-order valence-corrected chi connectivity index (χ1v) is 12.6. The quantitative estimate of drug-likeness (QED) is 0.549. The highest BCUT2D eigenvalue weighted by Crippen LogP contribution is 2.27. The number of sulfonamides is 1. The fourth-order valence-corrected chi connectivity index (χ4v) is 6.06. The van der Waals surface area contributed by atoms with E-state index in [2.05, 4.69) is 10.9 Å². The molecule has 2 heterocycles. The van der Waals surface area contributed by atoms with Crippen molar-refractivity contribution >= 4 is 44.3 Å². The number of rotatable bonds is 4. The van der Waals surface area contributed by atoms with Gasteiger partial charge < -0.3 is 4.57 Å². The van der Waals surface area contributed by atoms with Crippen LogP contribution in [0.25, 0.3) is 10.9 Å². The van der Waals surface area contributed by atoms with E-state index >= 15 is 0 Å². The molecule has 2 aromatic carbocycles. The number of halogens is 1. The first kappa shape index (κ1) is 23.3. The number of benzene rings is 2. The molecule has 0 bridgehead atoms. The van der Waals surface area contributed by atoms with Gasteiger partial charge in [-0.2, -0.15) is 4.31 Å². The van der Waals surface area contributed by atoms with E-state index in [1.54, 1.807) is 6.20 Å². The Labute approximate surface area is 197 Å². The van der Waals surface area contributed by atoms with Crippen LogP contribution in [0.3, 0.4) is 0 Å². The monoisotopic (exact) mass is 488 g/mol. The minimum Gasteiger partial charge on any atom is -0.350 e. The molecule has 0 radical (unpaired) electrons. The summed E-state index contributed by atoms with van der Waals surface area (Å²) >= 11 is 6.20. The van der Waals surface area contributed by atoms with Gasteiger partial charge in [0.15, 0.2) is 0 Å². The molecule has 1 fully saturated rings. The number of hydrogen-bond donors (Lipinski definition) is 2. The van der Waals surface area contributed by atoms with E-state index in [-0.39, 0.29) is 15.5 Å². The van der Waals surface area contributed by atoms with Crippen LogP contribution in [0.15, 0.2) is 53.6 Å². The van der Waals surface area contributed by atoms with Gasteiger partial charge in [0.2, 0.25) is 10.0 Å². The third-order valence-corrected chi connectivity index (χ3v) is 8.19. The van der Waals surface area contributed by atoms with E-state index in [9.17, 15) is 18.0 Å². The van der Waals surface area contributed by atoms with Crippen molar-refractivity contribution in [2.24, 2.45) is 7.05 Å². The van der Waals surface area contributed by atoms with Gasteiger partial charge in [0, 0.05) is 42.8 Å². The maximum Gasteiger partial charge on any atom is 0.271 e. The molecule has 1 aliphatic heterocycles. The lowest BCUT2D eigenvalue weighted by Crippen LogP contribution is -2.41. The molecule has 1 saturated heterocycles. The Morgan fingerprint density at radius 3 is 2.33 bits per heavy atom. The summed E-state index contributed by atoms with van der Waals surface area (Å²) in [6, 6.07) is 11.5. The number of aryl methyl sites for hydroxylation is 1. The van der Waals surface area contributed by atoms with Crippen molar-refractivity contribution in [3.63, 3.8) is 0 Å². The van der Waals surface area contributed by atoms with E-state index in [4.69, 9.17) is 11.6 Å². The maximum atomic E-state index is 13.2. The molecule has 2 N–H and O–H groups in total. The lowest BCUT2D eigenvalue weighted by atomic mass is 10.2. The summed E-state index contributed by atoms with van der Waals surface area (Å²) in [7, 11) is -2.01. The molecule has 1 aromatic heterocycles. The second-order valence-electron chi connectivity index (χ2n) is 8.04. The number of nitrogens with zero attached hydrogens (tertiary/aromatic N) is 2. The number of aromatic nitrogens is 1. The normalized spacial score (nSPS) is 15.2. The molecule has 1 aliphatic rings. The Balaban J connectivity index is 1.51. The van der Waals surface area contributed by atoms with Gasteiger partial charge in [-0.1, -0.05) is 42.6 Å². The minimum absolute atomic E-state index is 0.0515. The van der Waals surface area contributed by atoms with Crippen LogP contribution in [0.4, 0.5) is 0 Å². The summed E-state index contributed by atoms with van der Waals surface area (Å²) < 4.78 is 29.5. The second kappa shape index (κ2) is 9.54. The van der Waals surface area contributed by atoms with Crippen molar-refractivity contribution in [3.8, 4) is 0 Å². The molecule has 3 aromatic rings. The molecule has 0 unspecified atom stereocenters. The van der Waals surface area contributed by atoms with Crippen LogP contribution in [0.5, 0.6) is 0 Å². The van der Waals surface area contributed by atoms with Crippen molar-refractivity contribution in [1.82, 2.24) is 19.7 Å². The summed E-state index contributed by atoms with van der Waals surface area (Å²) in [6.07, 6.45) is 5.23. The Morgan fingerprint density at radius 2 is 1.61 bits per heavy atom. The van der Waals surface area contributed by atoms with Crippen LogP contribution < -0.4 is 10.9 Å². The zero-order valence-electron chi connectivity index (χ0n) is 18.2. The first-order chi connectivity index (χ1) is 15.8. The Kier molecular flexibility index (Phi) is 6.73. The molecular weight excluding hydrogens is 464 g/mol. The molecule has 0 saturated carbocycles. The third-order valence-electron chi connectivity index (χ3n) is 5.81. The summed E-state index contributed by atoms with van der Waals surface area (Å²) in [4.78, 5) is 25.2. The smallest absolute Gasteiger partial charge is 0.271 e. The molecule has 0 aliphatic carbocycles. The highest BCUT2D eigenvalue weighted by molar-refractivity contribution is 7.89. The molecule has 0 spiro atoms. The molecule has 174 valence electrons. The summed E-state index contributed by atoms with van der Waals surface area (Å²) in [6.45, 7) is 0.854. The van der Waals surface area contributed by atoms with Crippen LogP contribution in [-0.2, 0) is 17.1 Å². The van der Waals surface area contributed by atoms with Crippen molar-refractivity contribution in [2.45, 2.75) is 30.6 Å². The van der Waals surface area contributed by atoms with Crippen LogP contribution in [0.2, 0.25) is 5.02 Å². The molecule has 10 heteroatoms. The third kappa shape index (κ3) is 4.75. The lowest BCUT2D eigenvalue weighted by Gasteiger charge is -2.21. The SMILES string of the molecule is Cn1cc(C(=O)NNC(=O)c2ccc(Cl)c(S(=O)(=O)N3CCCCCC3)c2)c2ccccc21. The molecule has 4 rings (SSSR count). The number of nitrogens with one attached hydrogen (secondary N) is 2. The highest BCUT2D eigenvalue weighted by Gasteiger charge is 2.28. The van der Waals surface area contributed by atoms with Gasteiger partial charge in [0.25, 0.3) is 11.8 Å². The topological polar surface area (TPSA) is 101 Å². The zero-order chi connectivity index (χ0) is 23.6. The van der Waals surface area contributed by atoms with Gasteiger partial charge in [-0.3, -0.25) is 20.4 Å². The standard InChI is InChI=1S/C23H25ClN4O4S/c1-27-15-18(17-8-4-5-9-20(17)27)23(30)26-25-22(29)16-10-11-19(24)21(14-16)33(31,32)28-12-6-2-3-7-13-28/h4-5,8-11,14-15H,2-3,6-7,12-13H2,1H3,(H,25,29)(H,26,30). The fourth-order valence-electron chi connectivity index (χ4n) is 4.04. The lowest BCUT2D eigenvalue weighted by molar-refractivity contribution is 0.0847. The number of carbonyl (C=O) groups excluding carboxylic acids is 2. The average molecular weight is 489 g/mol. The van der Waals surface area contributed by atoms with Crippen LogP contribution >= 0.6 is 11.6 Å². The summed E-state index contributed by atoms with van der Waals surface area (Å²) in [5, 5.41) is 0.805. The van der Waals surface area contributed by atoms with Crippen molar-refractivity contribution in [1.29, 1.82) is 0 Å². The molecule has 0 atom stereocenters. The average Bonchev–Trinajstić information content (AvgIpc) is 2.97. The Morgan fingerprint density at radius 1 is 0.939 bits per heavy atom. The largest absolute Gasteiger partial charge is 0.350 e. The predicted molar refractivity (Wildman–Crippen MR) is 127 cm³/mol. The number of hydrogen-bond acceptors (Lipinski definition) is 4. The summed E-state index contributed by atoms with van der Waals surface area (Å²) in [5.74, 6) is -1.13. The second-order valence-corrected chi connectivity index (χ2v) is 10.4. The van der Waals surface area contributed by atoms with Gasteiger partial charge in [-0.05, 0) is 37.1 Å². The first-order valence-electron chi connectivity index (χ1n) is 10.7. The van der Waals surface area contributed by atoms with E-state index in [0.717, 1.165) is 36.6 Å². The van der Waals surface area contributed by atoms with E-state index < -0.39 is 21.8 Å². The molecule has 8 nitrogen and oxygen atoms in total. The number of carbonyl (C=O) groups is 2. The van der Waals surface area contributed by atoms with Gasteiger partial charge in [-0.25, -0.2) is 8.42 Å². The van der Waals surface area contributed by atoms with Crippen molar-refractivity contribution in [3.05, 3.63) is 64.8 Å². The molecular formula is C23H25ClN4O4S. The molecule has 2 amide bonds. The highest BCUT2D eigenvalue weighted by atomic mass is 35.5. The van der Waals surface area contributed by atoms with Crippen LogP contribution in [0.1, 0.15) is 46.4 Å². The molecule has 33 heavy (non-hydrogen) atoms. The van der Waals surface area contributed by atoms with Crippen LogP contribution in [0, 0.1) is 0 Å². The number of hydrazine groups is 1. The van der Waals surface area contributed by atoms with E-state index in [0.29, 0.717) is 18.7 Å². The van der Waals surface area contributed by atoms with Crippen molar-refractivity contribution < 1.29 is 18.0 Å². The summed E-state index contributed by atoms with van der Waals surface area (Å²) in [5.41, 5.74) is 6.13. The zero-order valence-corrected chi connectivity index (χ0v) is 19.7. The predicted octanol–water partition coefficient (Wildman–Crippen LogP) is 3.47. The number of amides is 2. The van der Waals surface area contributed by atoms with Gasteiger partial charge in [-0.15, -0.1) is 0 Å². The Hall–Kier alpha value is -2.88. The van der Waals surface area contributed by atoms with Gasteiger partial charge in [0.05, 0.1) is 10.6 Å².